The van der Waals surface area contributed by atoms with E-state index in [-0.39, 0.29) is 23.8 Å². The highest BCUT2D eigenvalue weighted by atomic mass is 16.5. The number of ether oxygens (including phenoxy) is 1. The molecular formula is C19H28N2O3. The Morgan fingerprint density at radius 2 is 1.88 bits per heavy atom. The molecule has 0 radical (unpaired) electrons. The Kier molecular flexibility index (Phi) is 6.23. The number of nitrogens with zero attached hydrogens (tertiary/aromatic N) is 1. The van der Waals surface area contributed by atoms with Gasteiger partial charge in [-0.2, -0.15) is 0 Å². The molecule has 1 aromatic carbocycles. The summed E-state index contributed by atoms with van der Waals surface area (Å²) in [5.74, 6) is 0.535. The fourth-order valence-electron chi connectivity index (χ4n) is 3.08. The van der Waals surface area contributed by atoms with Crippen LogP contribution >= 0.6 is 0 Å². The molecule has 0 bridgehead atoms. The van der Waals surface area contributed by atoms with Crippen LogP contribution < -0.4 is 10.1 Å². The predicted octanol–water partition coefficient (Wildman–Crippen LogP) is 2.85. The third-order valence-electron chi connectivity index (χ3n) is 4.66. The number of methoxy groups -OCH3 is 1. The molecule has 5 heteroatoms. The molecule has 2 atom stereocenters. The van der Waals surface area contributed by atoms with E-state index < -0.39 is 6.04 Å². The van der Waals surface area contributed by atoms with Crippen molar-refractivity contribution in [2.75, 3.05) is 13.7 Å². The van der Waals surface area contributed by atoms with Crippen molar-refractivity contribution in [2.45, 2.75) is 52.1 Å². The van der Waals surface area contributed by atoms with E-state index in [2.05, 4.69) is 12.2 Å². The lowest BCUT2D eigenvalue weighted by Crippen LogP contribution is -2.54. The summed E-state index contributed by atoms with van der Waals surface area (Å²) in [5, 5.41) is 2.92. The molecule has 2 amide bonds. The predicted molar refractivity (Wildman–Crippen MR) is 94.1 cm³/mol. The number of likely N-dealkylation sites (tertiary alicyclic amines) is 1. The molecule has 1 N–H and O–H groups in total. The van der Waals surface area contributed by atoms with Gasteiger partial charge in [0.25, 0.3) is 5.91 Å². The van der Waals surface area contributed by atoms with Crippen LogP contribution in [0.4, 0.5) is 0 Å². The van der Waals surface area contributed by atoms with Crippen LogP contribution in [0.2, 0.25) is 0 Å². The fraction of sp³-hybridized carbons (Fsp3) is 0.579. The normalized spacial score (nSPS) is 19.0. The van der Waals surface area contributed by atoms with Crippen molar-refractivity contribution in [3.8, 4) is 5.75 Å². The van der Waals surface area contributed by atoms with Gasteiger partial charge in [-0.25, -0.2) is 0 Å². The number of amides is 2. The Morgan fingerprint density at radius 3 is 2.42 bits per heavy atom. The van der Waals surface area contributed by atoms with Gasteiger partial charge in [-0.15, -0.1) is 0 Å². The number of rotatable bonds is 5. The van der Waals surface area contributed by atoms with Gasteiger partial charge in [0.1, 0.15) is 11.8 Å². The van der Waals surface area contributed by atoms with Crippen molar-refractivity contribution < 1.29 is 14.3 Å². The minimum Gasteiger partial charge on any atom is -0.497 e. The van der Waals surface area contributed by atoms with E-state index >= 15 is 0 Å². The number of piperidine rings is 1. The zero-order chi connectivity index (χ0) is 17.7. The minimum atomic E-state index is -0.500. The van der Waals surface area contributed by atoms with Gasteiger partial charge in [0.05, 0.1) is 7.11 Å². The maximum Gasteiger partial charge on any atom is 0.251 e. The number of hydrogen-bond acceptors (Lipinski definition) is 3. The maximum atomic E-state index is 12.9. The molecule has 0 aromatic heterocycles. The van der Waals surface area contributed by atoms with Crippen LogP contribution in [-0.4, -0.2) is 42.5 Å². The first kappa shape index (κ1) is 18.3. The molecule has 0 aliphatic carbocycles. The Morgan fingerprint density at radius 1 is 1.21 bits per heavy atom. The number of hydrogen-bond donors (Lipinski definition) is 1. The summed E-state index contributed by atoms with van der Waals surface area (Å²) >= 11 is 0. The second-order valence-corrected chi connectivity index (χ2v) is 6.80. The van der Waals surface area contributed by atoms with Gasteiger partial charge in [0.15, 0.2) is 0 Å². The van der Waals surface area contributed by atoms with Crippen LogP contribution in [-0.2, 0) is 4.79 Å². The lowest BCUT2D eigenvalue weighted by Gasteiger charge is -2.37. The summed E-state index contributed by atoms with van der Waals surface area (Å²) in [6.45, 7) is 6.79. The fourth-order valence-corrected chi connectivity index (χ4v) is 3.08. The molecule has 2 rings (SSSR count). The summed E-state index contributed by atoms with van der Waals surface area (Å²) in [6, 6.07) is 6.64. The quantitative estimate of drug-likeness (QED) is 0.902. The number of benzene rings is 1. The average molecular weight is 332 g/mol. The molecule has 0 spiro atoms. The van der Waals surface area contributed by atoms with E-state index in [1.165, 1.54) is 0 Å². The smallest absolute Gasteiger partial charge is 0.251 e. The SMILES string of the molecule is COc1ccc(C(=O)N[C@@H](C(=O)N2CCCC[C@@H]2C)C(C)C)cc1. The average Bonchev–Trinajstić information content (AvgIpc) is 2.59. The summed E-state index contributed by atoms with van der Waals surface area (Å²) in [5.41, 5.74) is 0.529. The third kappa shape index (κ3) is 4.28. The first-order valence-corrected chi connectivity index (χ1v) is 8.69. The van der Waals surface area contributed by atoms with Crippen LogP contribution in [0, 0.1) is 5.92 Å². The zero-order valence-electron chi connectivity index (χ0n) is 15.0. The first-order chi connectivity index (χ1) is 11.4. The van der Waals surface area contributed by atoms with Crippen LogP contribution in [0.25, 0.3) is 0 Å². The lowest BCUT2D eigenvalue weighted by molar-refractivity contribution is -0.137. The lowest BCUT2D eigenvalue weighted by atomic mass is 9.97. The molecule has 0 saturated carbocycles. The van der Waals surface area contributed by atoms with Crippen LogP contribution in [0.1, 0.15) is 50.4 Å². The zero-order valence-corrected chi connectivity index (χ0v) is 15.0. The molecule has 1 aliphatic heterocycles. The molecule has 1 aromatic rings. The van der Waals surface area contributed by atoms with E-state index in [9.17, 15) is 9.59 Å². The highest BCUT2D eigenvalue weighted by Crippen LogP contribution is 2.19. The van der Waals surface area contributed by atoms with Crippen molar-refractivity contribution in [3.05, 3.63) is 29.8 Å². The largest absolute Gasteiger partial charge is 0.497 e. The molecule has 132 valence electrons. The second kappa shape index (κ2) is 8.18. The molecular weight excluding hydrogens is 304 g/mol. The summed E-state index contributed by atoms with van der Waals surface area (Å²) < 4.78 is 5.11. The van der Waals surface area contributed by atoms with Crippen molar-refractivity contribution in [2.24, 2.45) is 5.92 Å². The molecule has 1 heterocycles. The Hall–Kier alpha value is -2.04. The van der Waals surface area contributed by atoms with Gasteiger partial charge in [-0.1, -0.05) is 13.8 Å². The number of nitrogens with one attached hydrogen (secondary N) is 1. The topological polar surface area (TPSA) is 58.6 Å². The van der Waals surface area contributed by atoms with Gasteiger partial charge >= 0.3 is 0 Å². The van der Waals surface area contributed by atoms with E-state index in [0.717, 1.165) is 25.8 Å². The standard InChI is InChI=1S/C19H28N2O3/c1-13(2)17(19(23)21-12-6-5-7-14(21)3)20-18(22)15-8-10-16(24-4)11-9-15/h8-11,13-14,17H,5-7,12H2,1-4H3,(H,20,22)/t14-,17+/m0/s1. The van der Waals surface area contributed by atoms with E-state index in [0.29, 0.717) is 11.3 Å². The van der Waals surface area contributed by atoms with E-state index in [4.69, 9.17) is 4.74 Å². The highest BCUT2D eigenvalue weighted by molar-refractivity contribution is 5.97. The van der Waals surface area contributed by atoms with Gasteiger partial charge in [-0.3, -0.25) is 9.59 Å². The number of carbonyl (C=O) groups is 2. The van der Waals surface area contributed by atoms with Crippen molar-refractivity contribution in [3.63, 3.8) is 0 Å². The Bertz CT molecular complexity index is 568. The monoisotopic (exact) mass is 332 g/mol. The number of carbonyl (C=O) groups excluding carboxylic acids is 2. The van der Waals surface area contributed by atoms with Crippen LogP contribution in [0.15, 0.2) is 24.3 Å². The summed E-state index contributed by atoms with van der Waals surface area (Å²) in [7, 11) is 1.59. The summed E-state index contributed by atoms with van der Waals surface area (Å²) in [4.78, 5) is 27.3. The van der Waals surface area contributed by atoms with Crippen molar-refractivity contribution in [1.29, 1.82) is 0 Å². The second-order valence-electron chi connectivity index (χ2n) is 6.80. The van der Waals surface area contributed by atoms with Crippen molar-refractivity contribution in [1.82, 2.24) is 10.2 Å². The Balaban J connectivity index is 2.09. The van der Waals surface area contributed by atoms with Gasteiger partial charge < -0.3 is 15.0 Å². The molecule has 1 fully saturated rings. The summed E-state index contributed by atoms with van der Waals surface area (Å²) in [6.07, 6.45) is 3.23. The molecule has 1 aliphatic rings. The highest BCUT2D eigenvalue weighted by Gasteiger charge is 2.32. The van der Waals surface area contributed by atoms with E-state index in [1.54, 1.807) is 31.4 Å². The molecule has 0 unspecified atom stereocenters. The van der Waals surface area contributed by atoms with Crippen molar-refractivity contribution >= 4 is 11.8 Å². The third-order valence-corrected chi connectivity index (χ3v) is 4.66. The molecule has 1 saturated heterocycles. The van der Waals surface area contributed by atoms with Crippen LogP contribution in [0.3, 0.4) is 0 Å². The van der Waals surface area contributed by atoms with Gasteiger partial charge in [0.2, 0.25) is 5.91 Å². The van der Waals surface area contributed by atoms with Crippen LogP contribution in [0.5, 0.6) is 5.75 Å². The maximum absolute atomic E-state index is 12.9. The van der Waals surface area contributed by atoms with E-state index in [1.807, 2.05) is 18.7 Å². The van der Waals surface area contributed by atoms with Gasteiger partial charge in [-0.05, 0) is 56.4 Å². The molecule has 24 heavy (non-hydrogen) atoms. The Labute approximate surface area is 144 Å². The van der Waals surface area contributed by atoms with Gasteiger partial charge in [0, 0.05) is 18.2 Å². The minimum absolute atomic E-state index is 0.0269. The molecule has 5 nitrogen and oxygen atoms in total. The first-order valence-electron chi connectivity index (χ1n) is 8.69.